The normalized spacial score (nSPS) is 22.6. The van der Waals surface area contributed by atoms with E-state index in [9.17, 15) is 26.3 Å². The number of hydrogen-bond donors (Lipinski definition) is 4. The van der Waals surface area contributed by atoms with Gasteiger partial charge in [-0.05, 0) is 0 Å². The van der Waals surface area contributed by atoms with Crippen LogP contribution in [0.5, 0.6) is 0 Å². The summed E-state index contributed by atoms with van der Waals surface area (Å²) in [4.78, 5) is 9.02. The van der Waals surface area contributed by atoms with E-state index in [1.165, 1.54) is 0 Å². The fourth-order valence-corrected chi connectivity index (χ4v) is 0.0788. The van der Waals surface area contributed by atoms with E-state index in [1.807, 2.05) is 0 Å². The lowest BCUT2D eigenvalue weighted by atomic mass is 10.7. The van der Waals surface area contributed by atoms with Crippen LogP contribution in [-0.2, 0) is 9.53 Å². The number of epoxide rings is 1. The van der Waals surface area contributed by atoms with Gasteiger partial charge in [0.15, 0.2) is 0 Å². The third-order valence-electron chi connectivity index (χ3n) is 0.647. The maximum Gasteiger partial charge on any atom is 0.480 e. The van der Waals surface area contributed by atoms with Gasteiger partial charge in [-0.2, -0.15) is 8.78 Å². The van der Waals surface area contributed by atoms with Crippen LogP contribution in [0.2, 0.25) is 0 Å². The number of ether oxygens (including phenoxy) is 1. The second-order valence-corrected chi connectivity index (χ2v) is 2.19. The molecule has 1 heterocycles. The van der Waals surface area contributed by atoms with Crippen molar-refractivity contribution in [2.75, 3.05) is 0 Å². The lowest BCUT2D eigenvalue weighted by molar-refractivity contribution is -0.346. The van der Waals surface area contributed by atoms with Gasteiger partial charge in [-0.3, -0.25) is 0 Å². The molecule has 0 spiro atoms. The van der Waals surface area contributed by atoms with Gasteiger partial charge >= 0.3 is 18.4 Å². The number of hydrogen-bond acceptors (Lipinski definition) is 5. The molecule has 4 N–H and O–H groups in total. The van der Waals surface area contributed by atoms with E-state index in [2.05, 4.69) is 4.74 Å². The molecule has 17 heavy (non-hydrogen) atoms. The molecule has 1 aliphatic rings. The lowest BCUT2D eigenvalue weighted by Crippen LogP contribution is -2.26. The lowest BCUT2D eigenvalue weighted by Gasteiger charge is -1.97. The average Bonchev–Trinajstić information content (AvgIpc) is 2.59. The summed E-state index contributed by atoms with van der Waals surface area (Å²) in [6, 6.07) is 0. The zero-order chi connectivity index (χ0) is 14.4. The first-order chi connectivity index (χ1) is 7.25. The predicted molar refractivity (Wildman–Crippen MR) is 35.1 cm³/mol. The fourth-order valence-electron chi connectivity index (χ4n) is 0.0788. The van der Waals surface area contributed by atoms with Gasteiger partial charge in [0, 0.05) is 0 Å². The van der Waals surface area contributed by atoms with Gasteiger partial charge in [0.25, 0.3) is 12.7 Å². The summed E-state index contributed by atoms with van der Waals surface area (Å²) >= 11 is 0. The molecule has 12 heteroatoms. The van der Waals surface area contributed by atoms with Crippen molar-refractivity contribution in [2.24, 2.45) is 0 Å². The molecule has 104 valence electrons. The highest BCUT2D eigenvalue weighted by Crippen LogP contribution is 2.22. The molecule has 2 atom stereocenters. The topological polar surface area (TPSA) is 111 Å². The van der Waals surface area contributed by atoms with Crippen LogP contribution in [0.4, 0.5) is 26.3 Å². The number of aliphatic carboxylic acids is 1. The quantitative estimate of drug-likeness (QED) is 0.299. The number of aliphatic hydroxyl groups is 3. The van der Waals surface area contributed by atoms with E-state index in [4.69, 9.17) is 25.2 Å². The van der Waals surface area contributed by atoms with Crippen molar-refractivity contribution in [3.8, 4) is 0 Å². The number of halogens is 6. The van der Waals surface area contributed by atoms with E-state index < -0.39 is 31.1 Å². The van der Waals surface area contributed by atoms with Gasteiger partial charge in [-0.15, -0.1) is 8.78 Å². The molecule has 0 aromatic heterocycles. The molecule has 0 amide bonds. The highest BCUT2D eigenvalue weighted by molar-refractivity contribution is 5.72. The van der Waals surface area contributed by atoms with Crippen molar-refractivity contribution in [2.45, 2.75) is 25.1 Å². The zero-order valence-corrected chi connectivity index (χ0v) is 7.53. The monoisotopic (exact) mass is 276 g/mol. The van der Waals surface area contributed by atoms with Crippen LogP contribution in [0.25, 0.3) is 0 Å². The van der Waals surface area contributed by atoms with Crippen LogP contribution in [0.1, 0.15) is 0 Å². The van der Waals surface area contributed by atoms with Gasteiger partial charge < -0.3 is 25.2 Å². The summed E-state index contributed by atoms with van der Waals surface area (Å²) in [5.41, 5.74) is 0. The summed E-state index contributed by atoms with van der Waals surface area (Å²) in [5, 5.41) is 27.9. The minimum Gasteiger partial charge on any atom is -0.475 e. The summed E-state index contributed by atoms with van der Waals surface area (Å²) in [5.74, 6) is -2.53. The molecule has 1 aliphatic heterocycles. The molecule has 1 fully saturated rings. The average molecular weight is 276 g/mol. The molecule has 0 aromatic carbocycles. The minimum atomic E-state index is -4.58. The molecule has 0 aliphatic carbocycles. The van der Waals surface area contributed by atoms with Crippen LogP contribution < -0.4 is 0 Å². The maximum absolute atomic E-state index is 10.9. The summed E-state index contributed by atoms with van der Waals surface area (Å²) in [6.07, 6.45) is -12.3. The number of rotatable bonds is 1. The third-order valence-corrected chi connectivity index (χ3v) is 0.647. The summed E-state index contributed by atoms with van der Waals surface area (Å²) in [7, 11) is 0. The largest absolute Gasteiger partial charge is 0.480 e. The third kappa shape index (κ3) is 20.9. The van der Waals surface area contributed by atoms with E-state index in [1.54, 1.807) is 0 Å². The van der Waals surface area contributed by atoms with Crippen LogP contribution in [0.15, 0.2) is 0 Å². The van der Waals surface area contributed by atoms with Gasteiger partial charge in [-0.25, -0.2) is 13.6 Å². The smallest absolute Gasteiger partial charge is 0.475 e. The van der Waals surface area contributed by atoms with Gasteiger partial charge in [-0.1, -0.05) is 0 Å². The molecule has 6 nitrogen and oxygen atoms in total. The zero-order valence-electron chi connectivity index (χ0n) is 7.53. The highest BCUT2D eigenvalue weighted by Gasteiger charge is 2.39. The van der Waals surface area contributed by atoms with Crippen LogP contribution in [0, 0.1) is 0 Å². The summed E-state index contributed by atoms with van der Waals surface area (Å²) < 4.78 is 67.3. The van der Waals surface area contributed by atoms with Gasteiger partial charge in [0.05, 0.1) is 0 Å². The molecule has 0 bridgehead atoms. The molecule has 0 radical (unpaired) electrons. The van der Waals surface area contributed by atoms with E-state index in [0.717, 1.165) is 0 Å². The van der Waals surface area contributed by atoms with E-state index >= 15 is 0 Å². The van der Waals surface area contributed by atoms with Crippen LogP contribution >= 0.6 is 0 Å². The Bertz CT molecular complexity index is 224. The second kappa shape index (κ2) is 6.58. The first-order valence-corrected chi connectivity index (χ1v) is 3.35. The van der Waals surface area contributed by atoms with Crippen molar-refractivity contribution < 1.29 is 56.3 Å². The van der Waals surface area contributed by atoms with Crippen LogP contribution in [-0.4, -0.2) is 51.5 Å². The minimum absolute atomic E-state index is 1.62. The van der Waals surface area contributed by atoms with Gasteiger partial charge in [0.2, 0.25) is 0 Å². The van der Waals surface area contributed by atoms with Crippen molar-refractivity contribution in [3.63, 3.8) is 0 Å². The Kier molecular flexibility index (Phi) is 7.07. The number of carboxylic acid groups (broad SMARTS) is 1. The van der Waals surface area contributed by atoms with E-state index in [-0.39, 0.29) is 0 Å². The first-order valence-electron chi connectivity index (χ1n) is 3.35. The Labute approximate surface area is 88.7 Å². The van der Waals surface area contributed by atoms with Crippen molar-refractivity contribution in [1.29, 1.82) is 0 Å². The Morgan fingerprint density at radius 1 is 1.00 bits per heavy atom. The molecular formula is C5H6F6O6. The van der Waals surface area contributed by atoms with Crippen molar-refractivity contribution in [1.82, 2.24) is 0 Å². The summed E-state index contributed by atoms with van der Waals surface area (Å²) in [6.45, 7) is 0. The second-order valence-electron chi connectivity index (χ2n) is 2.19. The highest BCUT2D eigenvalue weighted by atomic mass is 19.3. The Balaban J connectivity index is 0. The predicted octanol–water partition coefficient (Wildman–Crippen LogP) is -0.215. The fraction of sp³-hybridized carbons (Fsp3) is 0.800. The molecule has 2 unspecified atom stereocenters. The van der Waals surface area contributed by atoms with E-state index in [0.29, 0.717) is 0 Å². The number of alkyl halides is 6. The molecule has 0 saturated carbocycles. The molecule has 1 rings (SSSR count). The molecular weight excluding hydrogens is 270 g/mol. The maximum atomic E-state index is 10.9. The van der Waals surface area contributed by atoms with Crippen molar-refractivity contribution in [3.05, 3.63) is 0 Å². The van der Waals surface area contributed by atoms with Crippen molar-refractivity contribution >= 4 is 5.97 Å². The van der Waals surface area contributed by atoms with Crippen LogP contribution in [0.3, 0.4) is 0 Å². The SMILES string of the molecule is FC1OC1F.O=C(O)C(O)(F)F.OC(O)(F)F. The van der Waals surface area contributed by atoms with Gasteiger partial charge in [0.1, 0.15) is 0 Å². The molecule has 1 saturated heterocycles. The molecule has 0 aromatic rings. The Morgan fingerprint density at radius 2 is 1.12 bits per heavy atom. The Hall–Kier alpha value is -1.11. The Morgan fingerprint density at radius 3 is 1.12 bits per heavy atom. The number of carboxylic acids is 1. The first kappa shape index (κ1) is 18.3. The standard InChI is InChI=1S/C2H2F2O3.C2H2F2O.CH2F2O2/c3-2(4,7)1(5)6;3-1-2(4)5-1;2-1(3,4)5/h7H,(H,5,6);1-2H;4-5H. The number of carbonyl (C=O) groups is 1.